The summed E-state index contributed by atoms with van der Waals surface area (Å²) in [7, 11) is -4.21. The largest absolute Gasteiger partial charge is 0.292 e. The van der Waals surface area contributed by atoms with Crippen molar-refractivity contribution in [2.45, 2.75) is 18.7 Å². The zero-order valence-electron chi connectivity index (χ0n) is 5.12. The highest BCUT2D eigenvalue weighted by Crippen LogP contribution is 2.14. The van der Waals surface area contributed by atoms with Gasteiger partial charge in [0.15, 0.2) is 0 Å². The Labute approximate surface area is 53.3 Å². The molecule has 0 aliphatic carbocycles. The van der Waals surface area contributed by atoms with Gasteiger partial charge in [0.2, 0.25) is 4.87 Å². The Hall–Kier alpha value is -0.490. The lowest BCUT2D eigenvalue weighted by Gasteiger charge is -2.11. The van der Waals surface area contributed by atoms with E-state index in [4.69, 9.17) is 10.1 Å². The van der Waals surface area contributed by atoms with E-state index in [-0.39, 0.29) is 0 Å². The van der Waals surface area contributed by atoms with Crippen molar-refractivity contribution in [1.82, 2.24) is 0 Å². The Morgan fingerprint density at radius 2 is 1.89 bits per heavy atom. The molecule has 0 saturated carbocycles. The highest BCUT2D eigenvalue weighted by atomic mass is 32.2. The summed E-state index contributed by atoms with van der Waals surface area (Å²) in [6.07, 6.45) is 0. The van der Waals surface area contributed by atoms with Crippen LogP contribution in [0.3, 0.4) is 0 Å². The van der Waals surface area contributed by atoms with Crippen LogP contribution in [0.25, 0.3) is 0 Å². The lowest BCUT2D eigenvalue weighted by molar-refractivity contribution is 0.438. The highest BCUT2D eigenvalue weighted by Gasteiger charge is 2.31. The number of nitrogens with zero attached hydrogens (tertiary/aromatic N) is 1. The van der Waals surface area contributed by atoms with Crippen molar-refractivity contribution in [3.63, 3.8) is 0 Å². The number of rotatable bonds is 2. The minimum absolute atomic E-state index is 1.13. The normalized spacial score (nSPS) is 13.2. The van der Waals surface area contributed by atoms with Crippen LogP contribution in [0.15, 0.2) is 5.11 Å². The van der Waals surface area contributed by atoms with Gasteiger partial charge >= 0.3 is 0 Å². The lowest BCUT2D eigenvalue weighted by atomic mass is 10.4. The fourth-order valence-electron chi connectivity index (χ4n) is 0.0577. The van der Waals surface area contributed by atoms with Crippen LogP contribution in [-0.2, 0) is 10.1 Å². The molecule has 0 aromatic heterocycles. The van der Waals surface area contributed by atoms with E-state index in [1.54, 1.807) is 0 Å². The van der Waals surface area contributed by atoms with Gasteiger partial charge in [-0.25, -0.2) is 5.53 Å². The Kier molecular flexibility index (Phi) is 1.92. The van der Waals surface area contributed by atoms with Crippen molar-refractivity contribution in [3.05, 3.63) is 0 Å². The third-order valence-electron chi connectivity index (χ3n) is 0.901. The maximum absolute atomic E-state index is 10.2. The zero-order chi connectivity index (χ0) is 7.71. The smallest absolute Gasteiger partial charge is 0.284 e. The average molecular weight is 152 g/mol. The molecule has 0 saturated heterocycles. The molecule has 0 aliphatic rings. The summed E-state index contributed by atoms with van der Waals surface area (Å²) in [6, 6.07) is 0. The Morgan fingerprint density at radius 3 is 1.89 bits per heavy atom. The van der Waals surface area contributed by atoms with Crippen molar-refractivity contribution < 1.29 is 13.0 Å². The van der Waals surface area contributed by atoms with Gasteiger partial charge in [0.05, 0.1) is 0 Å². The quantitative estimate of drug-likeness (QED) is 0.449. The molecule has 54 valence electrons. The van der Waals surface area contributed by atoms with Crippen molar-refractivity contribution in [1.29, 1.82) is 5.53 Å². The van der Waals surface area contributed by atoms with Gasteiger partial charge in [-0.2, -0.15) is 13.5 Å². The first-order valence-electron chi connectivity index (χ1n) is 2.17. The second-order valence-electron chi connectivity index (χ2n) is 2.03. The first-order valence-corrected chi connectivity index (χ1v) is 3.61. The highest BCUT2D eigenvalue weighted by molar-refractivity contribution is 7.87. The third kappa shape index (κ3) is 1.72. The molecule has 5 nitrogen and oxygen atoms in total. The molecule has 9 heavy (non-hydrogen) atoms. The molecule has 6 heteroatoms. The molecule has 0 fully saturated rings. The molecule has 0 heterocycles. The van der Waals surface area contributed by atoms with E-state index in [0.29, 0.717) is 0 Å². The summed E-state index contributed by atoms with van der Waals surface area (Å²) in [5, 5.41) is 2.70. The second kappa shape index (κ2) is 2.03. The molecule has 2 N–H and O–H groups in total. The molecule has 0 amide bonds. The predicted octanol–water partition coefficient (Wildman–Crippen LogP) is 0.641. The van der Waals surface area contributed by atoms with Crippen LogP contribution in [0.5, 0.6) is 0 Å². The minimum Gasteiger partial charge on any atom is -0.284 e. The van der Waals surface area contributed by atoms with Crippen LogP contribution in [-0.4, -0.2) is 17.8 Å². The van der Waals surface area contributed by atoms with Gasteiger partial charge in [-0.05, 0) is 13.8 Å². The fraction of sp³-hybridized carbons (Fsp3) is 1.00. The molecule has 0 bridgehead atoms. The molecule has 0 aliphatic heterocycles. The van der Waals surface area contributed by atoms with Crippen LogP contribution in [0.2, 0.25) is 0 Å². The maximum Gasteiger partial charge on any atom is 0.292 e. The van der Waals surface area contributed by atoms with E-state index in [1.165, 1.54) is 0 Å². The summed E-state index contributed by atoms with van der Waals surface area (Å²) in [6.45, 7) is 2.27. The van der Waals surface area contributed by atoms with Gasteiger partial charge in [-0.1, -0.05) is 0 Å². The van der Waals surface area contributed by atoms with Gasteiger partial charge in [0.25, 0.3) is 10.1 Å². The van der Waals surface area contributed by atoms with Gasteiger partial charge in [0.1, 0.15) is 0 Å². The minimum atomic E-state index is -4.21. The fourth-order valence-corrected chi connectivity index (χ4v) is 0.173. The molecule has 0 rings (SSSR count). The van der Waals surface area contributed by atoms with Crippen molar-refractivity contribution >= 4 is 10.1 Å². The molecular weight excluding hydrogens is 144 g/mol. The summed E-state index contributed by atoms with van der Waals surface area (Å²) < 4.78 is 28.8. The van der Waals surface area contributed by atoms with Crippen molar-refractivity contribution in [3.8, 4) is 0 Å². The van der Waals surface area contributed by atoms with Crippen LogP contribution < -0.4 is 0 Å². The predicted molar refractivity (Wildman–Crippen MR) is 30.8 cm³/mol. The van der Waals surface area contributed by atoms with Gasteiger partial charge in [-0.15, -0.1) is 0 Å². The van der Waals surface area contributed by atoms with Crippen molar-refractivity contribution in [2.75, 3.05) is 0 Å². The zero-order valence-corrected chi connectivity index (χ0v) is 5.94. The number of hydrogen-bond donors (Lipinski definition) is 2. The summed E-state index contributed by atoms with van der Waals surface area (Å²) >= 11 is 0. The van der Waals surface area contributed by atoms with E-state index in [2.05, 4.69) is 5.11 Å². The van der Waals surface area contributed by atoms with E-state index in [0.717, 1.165) is 13.8 Å². The summed E-state index contributed by atoms with van der Waals surface area (Å²) in [4.78, 5) is -1.70. The van der Waals surface area contributed by atoms with E-state index >= 15 is 0 Å². The Bertz CT molecular complexity index is 205. The first kappa shape index (κ1) is 8.51. The maximum atomic E-state index is 10.2. The van der Waals surface area contributed by atoms with Gasteiger partial charge < -0.3 is 0 Å². The average Bonchev–Trinajstić information content (AvgIpc) is 1.64. The molecule has 0 unspecified atom stereocenters. The van der Waals surface area contributed by atoms with Crippen LogP contribution in [0.1, 0.15) is 13.8 Å². The number of hydrogen-bond acceptors (Lipinski definition) is 4. The van der Waals surface area contributed by atoms with E-state index in [1.807, 2.05) is 0 Å². The summed E-state index contributed by atoms with van der Waals surface area (Å²) in [5.74, 6) is 0. The van der Waals surface area contributed by atoms with Gasteiger partial charge in [-0.3, -0.25) is 4.55 Å². The molecule has 0 aromatic rings. The van der Waals surface area contributed by atoms with E-state index in [9.17, 15) is 8.42 Å². The van der Waals surface area contributed by atoms with Crippen LogP contribution >= 0.6 is 0 Å². The molecule has 0 aromatic carbocycles. The molecule has 0 atom stereocenters. The molecule has 0 radical (unpaired) electrons. The Balaban J connectivity index is 4.77. The molecule has 0 spiro atoms. The van der Waals surface area contributed by atoms with Crippen LogP contribution in [0, 0.1) is 5.53 Å². The molecular formula is C3H8N2O3S. The lowest BCUT2D eigenvalue weighted by Crippen LogP contribution is -2.27. The first-order chi connectivity index (χ1) is 3.81. The Morgan fingerprint density at radius 1 is 1.56 bits per heavy atom. The second-order valence-corrected chi connectivity index (χ2v) is 3.98. The van der Waals surface area contributed by atoms with Crippen molar-refractivity contribution in [2.24, 2.45) is 5.11 Å². The van der Waals surface area contributed by atoms with E-state index < -0.39 is 15.0 Å². The standard InChI is InChI=1S/C3H8N2O3S/c1-3(2,5-4)9(6,7)8/h4H,1-2H3,(H,6,7,8). The van der Waals surface area contributed by atoms with Gasteiger partial charge in [0, 0.05) is 0 Å². The summed E-state index contributed by atoms with van der Waals surface area (Å²) in [5.41, 5.74) is 6.35. The van der Waals surface area contributed by atoms with Crippen LogP contribution in [0.4, 0.5) is 0 Å². The SMILES string of the molecule is CC(C)(N=N)S(=O)(=O)O. The monoisotopic (exact) mass is 152 g/mol. The topological polar surface area (TPSA) is 90.6 Å². The third-order valence-corrected chi connectivity index (χ3v) is 2.25. The number of nitrogens with one attached hydrogen (secondary N) is 1.